The first-order valence-electron chi connectivity index (χ1n) is 8.41. The molecule has 6 N–H and O–H groups in total. The zero-order valence-corrected chi connectivity index (χ0v) is 13.5. The van der Waals surface area contributed by atoms with E-state index in [1.165, 1.54) is 0 Å². The lowest BCUT2D eigenvalue weighted by atomic mass is 9.72. The summed E-state index contributed by atoms with van der Waals surface area (Å²) in [4.78, 5) is 11.8. The van der Waals surface area contributed by atoms with E-state index >= 15 is 0 Å². The van der Waals surface area contributed by atoms with Crippen LogP contribution in [0.4, 0.5) is 0 Å². The number of carbonyl (C=O) groups excluding carboxylic acids is 1. The lowest BCUT2D eigenvalue weighted by Crippen LogP contribution is -2.50. The Morgan fingerprint density at radius 3 is 2.35 bits per heavy atom. The summed E-state index contributed by atoms with van der Waals surface area (Å²) in [7, 11) is 0. The molecule has 1 amide bonds. The molecule has 0 unspecified atom stereocenters. The van der Waals surface area contributed by atoms with E-state index in [9.17, 15) is 15.0 Å². The molecule has 23 heavy (non-hydrogen) atoms. The quantitative estimate of drug-likeness (QED) is 0.603. The summed E-state index contributed by atoms with van der Waals surface area (Å²) in [5.74, 6) is -1.31. The number of hydrogen-bond donors (Lipinski definition) is 4. The maximum Gasteiger partial charge on any atom is 0.223 e. The van der Waals surface area contributed by atoms with E-state index in [1.807, 2.05) is 30.3 Å². The zero-order valence-electron chi connectivity index (χ0n) is 13.5. The fraction of sp³-hybridized carbons (Fsp3) is 0.611. The second-order valence-corrected chi connectivity index (χ2v) is 6.78. The van der Waals surface area contributed by atoms with Gasteiger partial charge in [-0.1, -0.05) is 49.6 Å². The van der Waals surface area contributed by atoms with Crippen molar-refractivity contribution in [1.82, 2.24) is 0 Å². The van der Waals surface area contributed by atoms with Gasteiger partial charge in [-0.2, -0.15) is 0 Å². The van der Waals surface area contributed by atoms with E-state index in [0.717, 1.165) is 24.8 Å². The van der Waals surface area contributed by atoms with Gasteiger partial charge in [0.05, 0.1) is 17.6 Å². The molecule has 0 saturated heterocycles. The Morgan fingerprint density at radius 2 is 1.78 bits per heavy atom. The molecule has 1 fully saturated rings. The Hall–Kier alpha value is -1.43. The van der Waals surface area contributed by atoms with Crippen LogP contribution in [0.1, 0.15) is 44.1 Å². The number of amides is 1. The van der Waals surface area contributed by atoms with Gasteiger partial charge in [-0.15, -0.1) is 0 Å². The number of aliphatic hydroxyl groups excluding tert-OH is 1. The molecule has 0 spiro atoms. The van der Waals surface area contributed by atoms with Crippen LogP contribution in [0.2, 0.25) is 0 Å². The van der Waals surface area contributed by atoms with Gasteiger partial charge in [0.1, 0.15) is 0 Å². The van der Waals surface area contributed by atoms with Crippen molar-refractivity contribution in [2.45, 2.75) is 62.7 Å². The molecule has 0 heterocycles. The Kier molecular flexibility index (Phi) is 6.16. The Labute approximate surface area is 137 Å². The number of hydrogen-bond acceptors (Lipinski definition) is 4. The molecular weight excluding hydrogens is 292 g/mol. The third-order valence-electron chi connectivity index (χ3n) is 5.00. The highest BCUT2D eigenvalue weighted by atomic mass is 16.3. The summed E-state index contributed by atoms with van der Waals surface area (Å²) in [6, 6.07) is 9.18. The summed E-state index contributed by atoms with van der Waals surface area (Å²) in [5, 5.41) is 21.2. The highest BCUT2D eigenvalue weighted by Crippen LogP contribution is 2.36. The lowest BCUT2D eigenvalue weighted by molar-refractivity contribution is -0.137. The van der Waals surface area contributed by atoms with E-state index in [0.29, 0.717) is 19.3 Å². The molecule has 5 heteroatoms. The number of nitrogens with two attached hydrogens (primary N) is 2. The number of benzene rings is 1. The van der Waals surface area contributed by atoms with Crippen LogP contribution in [0.25, 0.3) is 0 Å². The van der Waals surface area contributed by atoms with Gasteiger partial charge in [0.15, 0.2) is 0 Å². The van der Waals surface area contributed by atoms with Crippen molar-refractivity contribution in [1.29, 1.82) is 0 Å². The minimum atomic E-state index is -1.10. The lowest BCUT2D eigenvalue weighted by Gasteiger charge is -2.39. The predicted molar refractivity (Wildman–Crippen MR) is 89.5 cm³/mol. The Morgan fingerprint density at radius 1 is 1.17 bits per heavy atom. The molecule has 0 aromatic heterocycles. The molecule has 1 aromatic carbocycles. The van der Waals surface area contributed by atoms with Gasteiger partial charge in [0.2, 0.25) is 5.91 Å². The molecule has 1 aliphatic rings. The summed E-state index contributed by atoms with van der Waals surface area (Å²) in [6.07, 6.45) is 3.69. The molecule has 1 aliphatic carbocycles. The van der Waals surface area contributed by atoms with Crippen molar-refractivity contribution in [3.8, 4) is 0 Å². The number of aliphatic hydroxyl groups is 2. The molecule has 1 aromatic rings. The van der Waals surface area contributed by atoms with Gasteiger partial charge in [0, 0.05) is 6.04 Å². The average Bonchev–Trinajstić information content (AvgIpc) is 2.53. The van der Waals surface area contributed by atoms with Crippen LogP contribution in [-0.4, -0.2) is 33.9 Å². The summed E-state index contributed by atoms with van der Waals surface area (Å²) in [6.45, 7) is 0. The molecular formula is C18H28N2O3. The minimum absolute atomic E-state index is 0.111. The number of rotatable bonds is 7. The van der Waals surface area contributed by atoms with Crippen molar-refractivity contribution in [2.75, 3.05) is 0 Å². The standard InChI is InChI=1S/C18H28N2O3/c19-15(11-13-7-3-1-4-8-13)16(21)12-14(17(20)22)18(23)9-5-2-6-10-18/h1,3-4,7-8,14-16,21,23H,2,5-6,9-12,19H2,(H2,20,22)/t14-,15-,16-/m0/s1. The molecule has 5 nitrogen and oxygen atoms in total. The predicted octanol–water partition coefficient (Wildman–Crippen LogP) is 1.10. The first-order chi connectivity index (χ1) is 10.9. The number of primary amides is 1. The molecule has 2 rings (SSSR count). The molecule has 0 radical (unpaired) electrons. The zero-order chi connectivity index (χ0) is 16.9. The van der Waals surface area contributed by atoms with Crippen LogP contribution < -0.4 is 11.5 Å². The molecule has 0 aliphatic heterocycles. The summed E-state index contributed by atoms with van der Waals surface area (Å²) >= 11 is 0. The maximum absolute atomic E-state index is 11.8. The van der Waals surface area contributed by atoms with Gasteiger partial charge in [0.25, 0.3) is 0 Å². The largest absolute Gasteiger partial charge is 0.391 e. The fourth-order valence-electron chi connectivity index (χ4n) is 3.55. The topological polar surface area (TPSA) is 110 Å². The number of carbonyl (C=O) groups is 1. The molecule has 3 atom stereocenters. The third-order valence-corrected chi connectivity index (χ3v) is 5.00. The van der Waals surface area contributed by atoms with Gasteiger partial charge in [-0.05, 0) is 31.2 Å². The SMILES string of the molecule is NC(=O)[C@H](C[C@H](O)[C@@H](N)Cc1ccccc1)C1(O)CCCCC1. The Balaban J connectivity index is 2.00. The highest BCUT2D eigenvalue weighted by molar-refractivity contribution is 5.78. The monoisotopic (exact) mass is 320 g/mol. The first kappa shape index (κ1) is 17.9. The van der Waals surface area contributed by atoms with Crippen LogP contribution in [0, 0.1) is 5.92 Å². The van der Waals surface area contributed by atoms with Gasteiger partial charge >= 0.3 is 0 Å². The Bertz CT molecular complexity index is 500. The first-order valence-corrected chi connectivity index (χ1v) is 8.41. The van der Waals surface area contributed by atoms with Crippen LogP contribution in [0.15, 0.2) is 30.3 Å². The summed E-state index contributed by atoms with van der Waals surface area (Å²) in [5.41, 5.74) is 11.5. The van der Waals surface area contributed by atoms with E-state index in [1.54, 1.807) is 0 Å². The van der Waals surface area contributed by atoms with Crippen LogP contribution in [-0.2, 0) is 11.2 Å². The van der Waals surface area contributed by atoms with E-state index < -0.39 is 29.6 Å². The van der Waals surface area contributed by atoms with Gasteiger partial charge in [-0.3, -0.25) is 4.79 Å². The van der Waals surface area contributed by atoms with Crippen molar-refractivity contribution >= 4 is 5.91 Å². The normalized spacial score (nSPS) is 21.3. The molecule has 128 valence electrons. The van der Waals surface area contributed by atoms with E-state index in [-0.39, 0.29) is 6.42 Å². The van der Waals surface area contributed by atoms with Crippen molar-refractivity contribution in [3.05, 3.63) is 35.9 Å². The van der Waals surface area contributed by atoms with Gasteiger partial charge in [-0.25, -0.2) is 0 Å². The van der Waals surface area contributed by atoms with Crippen molar-refractivity contribution in [3.63, 3.8) is 0 Å². The van der Waals surface area contributed by atoms with Gasteiger partial charge < -0.3 is 21.7 Å². The van der Waals surface area contributed by atoms with Crippen LogP contribution >= 0.6 is 0 Å². The fourth-order valence-corrected chi connectivity index (χ4v) is 3.55. The summed E-state index contributed by atoms with van der Waals surface area (Å²) < 4.78 is 0. The van der Waals surface area contributed by atoms with Crippen LogP contribution in [0.3, 0.4) is 0 Å². The van der Waals surface area contributed by atoms with E-state index in [2.05, 4.69) is 0 Å². The molecule has 1 saturated carbocycles. The highest BCUT2D eigenvalue weighted by Gasteiger charge is 2.42. The second-order valence-electron chi connectivity index (χ2n) is 6.78. The van der Waals surface area contributed by atoms with Crippen molar-refractivity contribution in [2.24, 2.45) is 17.4 Å². The van der Waals surface area contributed by atoms with Crippen LogP contribution in [0.5, 0.6) is 0 Å². The maximum atomic E-state index is 11.8. The average molecular weight is 320 g/mol. The minimum Gasteiger partial charge on any atom is -0.391 e. The second kappa shape index (κ2) is 7.90. The van der Waals surface area contributed by atoms with Crippen molar-refractivity contribution < 1.29 is 15.0 Å². The third kappa shape index (κ3) is 4.77. The van der Waals surface area contributed by atoms with E-state index in [4.69, 9.17) is 11.5 Å². The molecule has 0 bridgehead atoms. The smallest absolute Gasteiger partial charge is 0.223 e.